The molecule has 0 radical (unpaired) electrons. The van der Waals surface area contributed by atoms with Crippen molar-refractivity contribution in [2.45, 2.75) is 24.2 Å². The Labute approximate surface area is 144 Å². The van der Waals surface area contributed by atoms with Crippen molar-refractivity contribution in [1.29, 1.82) is 0 Å². The van der Waals surface area contributed by atoms with Crippen LogP contribution >= 0.6 is 0 Å². The molecule has 1 aliphatic heterocycles. The molecule has 0 amide bonds. The van der Waals surface area contributed by atoms with Gasteiger partial charge in [0, 0.05) is 13.1 Å². The van der Waals surface area contributed by atoms with Crippen LogP contribution < -0.4 is 0 Å². The number of ether oxygens (including phenoxy) is 1. The van der Waals surface area contributed by atoms with Gasteiger partial charge in [-0.05, 0) is 37.0 Å². The summed E-state index contributed by atoms with van der Waals surface area (Å²) in [5.41, 5.74) is -1.42. The molecule has 9 heteroatoms. The molecule has 25 heavy (non-hydrogen) atoms. The number of carbonyl (C=O) groups excluding carboxylic acids is 1. The first kappa shape index (κ1) is 17.8. The van der Waals surface area contributed by atoms with E-state index < -0.39 is 33.2 Å². The maximum absolute atomic E-state index is 14.1. The number of benzene rings is 1. The zero-order valence-corrected chi connectivity index (χ0v) is 14.4. The number of esters is 1. The van der Waals surface area contributed by atoms with Gasteiger partial charge >= 0.3 is 11.9 Å². The number of methoxy groups -OCH3 is 1. The Bertz CT molecular complexity index is 839. The van der Waals surface area contributed by atoms with Gasteiger partial charge in [-0.25, -0.2) is 17.6 Å². The Hall–Kier alpha value is -2.00. The molecule has 1 heterocycles. The number of carboxylic acid groups (broad SMARTS) is 1. The largest absolute Gasteiger partial charge is 0.481 e. The van der Waals surface area contributed by atoms with Gasteiger partial charge in [0.05, 0.1) is 23.0 Å². The molecule has 1 aromatic rings. The highest BCUT2D eigenvalue weighted by Gasteiger charge is 2.57. The SMILES string of the molecule is COC(=O)c1ccc(S(=O)(=O)N2C[C@@H]3CCC[C@@]3(C(=O)O)C2)cc1F. The average Bonchev–Trinajstić information content (AvgIpc) is 3.12. The number of hydrogen-bond acceptors (Lipinski definition) is 5. The van der Waals surface area contributed by atoms with E-state index in [0.717, 1.165) is 36.0 Å². The Morgan fingerprint density at radius 1 is 1.40 bits per heavy atom. The molecule has 7 nitrogen and oxygen atoms in total. The summed E-state index contributed by atoms with van der Waals surface area (Å²) in [6.07, 6.45) is 1.86. The van der Waals surface area contributed by atoms with Gasteiger partial charge in [0.15, 0.2) is 0 Å². The molecular weight excluding hydrogens is 353 g/mol. The maximum atomic E-state index is 14.1. The number of sulfonamides is 1. The summed E-state index contributed by atoms with van der Waals surface area (Å²) >= 11 is 0. The van der Waals surface area contributed by atoms with Crippen molar-refractivity contribution in [3.8, 4) is 0 Å². The quantitative estimate of drug-likeness (QED) is 0.805. The normalized spacial score (nSPS) is 26.4. The minimum atomic E-state index is -4.05. The van der Waals surface area contributed by atoms with E-state index in [1.807, 2.05) is 0 Å². The lowest BCUT2D eigenvalue weighted by Gasteiger charge is -2.23. The van der Waals surface area contributed by atoms with E-state index in [4.69, 9.17) is 0 Å². The van der Waals surface area contributed by atoms with Gasteiger partial charge in [-0.15, -0.1) is 0 Å². The monoisotopic (exact) mass is 371 g/mol. The zero-order chi connectivity index (χ0) is 18.4. The highest BCUT2D eigenvalue weighted by Crippen LogP contribution is 2.50. The number of hydrogen-bond donors (Lipinski definition) is 1. The number of rotatable bonds is 4. The lowest BCUT2D eigenvalue weighted by molar-refractivity contribution is -0.149. The molecule has 1 aromatic carbocycles. The van der Waals surface area contributed by atoms with Crippen molar-refractivity contribution in [2.24, 2.45) is 11.3 Å². The Morgan fingerprint density at radius 2 is 2.12 bits per heavy atom. The van der Waals surface area contributed by atoms with Gasteiger partial charge in [-0.2, -0.15) is 4.31 Å². The standard InChI is InChI=1S/C16H18FNO6S/c1-24-14(19)12-5-4-11(7-13(12)17)25(22,23)18-8-10-3-2-6-16(10,9-18)15(20)21/h4-5,7,10H,2-3,6,8-9H2,1H3,(H,20,21)/t10-,16+/m0/s1. The molecule has 3 rings (SSSR count). The Balaban J connectivity index is 1.92. The van der Waals surface area contributed by atoms with Crippen molar-refractivity contribution in [1.82, 2.24) is 4.31 Å². The first-order chi connectivity index (χ1) is 11.7. The molecule has 136 valence electrons. The molecule has 2 fully saturated rings. The van der Waals surface area contributed by atoms with Gasteiger partial charge in [-0.3, -0.25) is 4.79 Å². The zero-order valence-electron chi connectivity index (χ0n) is 13.6. The van der Waals surface area contributed by atoms with Gasteiger partial charge in [0.25, 0.3) is 0 Å². The van der Waals surface area contributed by atoms with Crippen molar-refractivity contribution >= 4 is 22.0 Å². The van der Waals surface area contributed by atoms with Gasteiger partial charge in [-0.1, -0.05) is 6.42 Å². The first-order valence-electron chi connectivity index (χ1n) is 7.84. The predicted octanol–water partition coefficient (Wildman–Crippen LogP) is 1.49. The highest BCUT2D eigenvalue weighted by molar-refractivity contribution is 7.89. The molecule has 1 aliphatic carbocycles. The fraction of sp³-hybridized carbons (Fsp3) is 0.500. The minimum Gasteiger partial charge on any atom is -0.481 e. The molecule has 0 unspecified atom stereocenters. The van der Waals surface area contributed by atoms with Gasteiger partial charge in [0.1, 0.15) is 5.82 Å². The van der Waals surface area contributed by atoms with Crippen LogP contribution in [0.2, 0.25) is 0 Å². The van der Waals surface area contributed by atoms with E-state index in [1.165, 1.54) is 0 Å². The summed E-state index contributed by atoms with van der Waals surface area (Å²) in [5, 5.41) is 9.56. The summed E-state index contributed by atoms with van der Waals surface area (Å²) in [6, 6.07) is 2.95. The smallest absolute Gasteiger partial charge is 0.340 e. The second kappa shape index (κ2) is 6.06. The number of aliphatic carboxylic acids is 1. The summed E-state index contributed by atoms with van der Waals surface area (Å²) in [4.78, 5) is 22.8. The molecule has 0 aromatic heterocycles. The van der Waals surface area contributed by atoms with E-state index in [9.17, 15) is 27.5 Å². The van der Waals surface area contributed by atoms with E-state index in [0.29, 0.717) is 12.8 Å². The van der Waals surface area contributed by atoms with Crippen molar-refractivity contribution in [2.75, 3.05) is 20.2 Å². The number of nitrogens with zero attached hydrogens (tertiary/aromatic N) is 1. The molecule has 2 atom stereocenters. The molecule has 2 aliphatic rings. The van der Waals surface area contributed by atoms with E-state index in [1.54, 1.807) is 0 Å². The van der Waals surface area contributed by atoms with Crippen LogP contribution in [0.5, 0.6) is 0 Å². The molecular formula is C16H18FNO6S. The topological polar surface area (TPSA) is 101 Å². The van der Waals surface area contributed by atoms with Crippen LogP contribution in [0.1, 0.15) is 29.6 Å². The van der Waals surface area contributed by atoms with Crippen molar-refractivity contribution in [3.05, 3.63) is 29.6 Å². The molecule has 1 saturated heterocycles. The molecule has 0 spiro atoms. The number of fused-ring (bicyclic) bond motifs is 1. The summed E-state index contributed by atoms with van der Waals surface area (Å²) < 4.78 is 45.2. The summed E-state index contributed by atoms with van der Waals surface area (Å²) in [7, 11) is -2.95. The summed E-state index contributed by atoms with van der Waals surface area (Å²) in [5.74, 6) is -3.12. The third kappa shape index (κ3) is 2.71. The lowest BCUT2D eigenvalue weighted by atomic mass is 9.81. The van der Waals surface area contributed by atoms with E-state index in [2.05, 4.69) is 4.74 Å². The van der Waals surface area contributed by atoms with Crippen molar-refractivity contribution < 1.29 is 32.2 Å². The third-order valence-corrected chi connectivity index (χ3v) is 7.06. The van der Waals surface area contributed by atoms with Crippen LogP contribution in [-0.4, -0.2) is 50.0 Å². The fourth-order valence-corrected chi connectivity index (χ4v) is 5.42. The van der Waals surface area contributed by atoms with Gasteiger partial charge < -0.3 is 9.84 Å². The molecule has 0 bridgehead atoms. The van der Waals surface area contributed by atoms with Crippen LogP contribution in [0, 0.1) is 17.2 Å². The average molecular weight is 371 g/mol. The van der Waals surface area contributed by atoms with Crippen LogP contribution in [0.15, 0.2) is 23.1 Å². The Kier molecular flexibility index (Phi) is 4.32. The molecule has 1 N–H and O–H groups in total. The molecule has 1 saturated carbocycles. The number of halogens is 1. The van der Waals surface area contributed by atoms with Crippen molar-refractivity contribution in [3.63, 3.8) is 0 Å². The van der Waals surface area contributed by atoms with E-state index in [-0.39, 0.29) is 29.5 Å². The highest BCUT2D eigenvalue weighted by atomic mass is 32.2. The van der Waals surface area contributed by atoms with Crippen LogP contribution in [0.25, 0.3) is 0 Å². The Morgan fingerprint density at radius 3 is 2.68 bits per heavy atom. The summed E-state index contributed by atoms with van der Waals surface area (Å²) in [6.45, 7) is -0.00922. The number of carboxylic acids is 1. The second-order valence-corrected chi connectivity index (χ2v) is 8.42. The van der Waals surface area contributed by atoms with Crippen LogP contribution in [0.4, 0.5) is 4.39 Å². The second-order valence-electron chi connectivity index (χ2n) is 6.48. The van der Waals surface area contributed by atoms with Crippen LogP contribution in [0.3, 0.4) is 0 Å². The van der Waals surface area contributed by atoms with E-state index >= 15 is 0 Å². The van der Waals surface area contributed by atoms with Gasteiger partial charge in [0.2, 0.25) is 10.0 Å². The minimum absolute atomic E-state index is 0.106. The lowest BCUT2D eigenvalue weighted by Crippen LogP contribution is -2.37. The maximum Gasteiger partial charge on any atom is 0.340 e. The first-order valence-corrected chi connectivity index (χ1v) is 9.28. The predicted molar refractivity (Wildman–Crippen MR) is 83.9 cm³/mol. The fourth-order valence-electron chi connectivity index (χ4n) is 3.86. The van der Waals surface area contributed by atoms with Crippen LogP contribution in [-0.2, 0) is 19.6 Å². The number of carbonyl (C=O) groups is 2. The third-order valence-electron chi connectivity index (χ3n) is 5.25.